The van der Waals surface area contributed by atoms with Gasteiger partial charge in [-0.05, 0) is 43.2 Å². The lowest BCUT2D eigenvalue weighted by atomic mass is 9.99. The molecule has 17 heavy (non-hydrogen) atoms. The van der Waals surface area contributed by atoms with Crippen LogP contribution in [0.5, 0.6) is 0 Å². The molecule has 1 aromatic carbocycles. The minimum Gasteiger partial charge on any atom is -0.307 e. The Balaban J connectivity index is 1.93. The molecule has 1 aromatic rings. The number of hydrogen-bond donors (Lipinski definition) is 1. The molecule has 2 rings (SSSR count). The molecule has 0 spiro atoms. The van der Waals surface area contributed by atoms with Gasteiger partial charge < -0.3 is 5.32 Å². The van der Waals surface area contributed by atoms with E-state index in [2.05, 4.69) is 50.4 Å². The standard InChI is InChI=1S/C16H25N/c1-4-12(2)11-13(3)17-16-10-9-14-7-5-6-8-15(14)16/h5-8,12-13,16-17H,4,9-11H2,1-3H3. The molecule has 0 amide bonds. The minimum absolute atomic E-state index is 0.588. The second kappa shape index (κ2) is 5.68. The summed E-state index contributed by atoms with van der Waals surface area (Å²) in [6.07, 6.45) is 5.08. The summed E-state index contributed by atoms with van der Waals surface area (Å²) in [5.41, 5.74) is 3.07. The Morgan fingerprint density at radius 1 is 1.29 bits per heavy atom. The van der Waals surface area contributed by atoms with E-state index in [0.717, 1.165) is 5.92 Å². The summed E-state index contributed by atoms with van der Waals surface area (Å²) in [5.74, 6) is 0.828. The van der Waals surface area contributed by atoms with Crippen molar-refractivity contribution in [2.75, 3.05) is 0 Å². The molecule has 0 aromatic heterocycles. The number of rotatable bonds is 5. The van der Waals surface area contributed by atoms with Gasteiger partial charge in [0, 0.05) is 12.1 Å². The van der Waals surface area contributed by atoms with Crippen molar-refractivity contribution in [3.8, 4) is 0 Å². The molecule has 0 heterocycles. The summed E-state index contributed by atoms with van der Waals surface area (Å²) in [6.45, 7) is 6.95. The molecule has 94 valence electrons. The van der Waals surface area contributed by atoms with E-state index in [1.54, 1.807) is 5.56 Å². The molecule has 0 bridgehead atoms. The van der Waals surface area contributed by atoms with Crippen LogP contribution < -0.4 is 5.32 Å². The number of aryl methyl sites for hydroxylation is 1. The Morgan fingerprint density at radius 2 is 2.06 bits per heavy atom. The molecule has 1 nitrogen and oxygen atoms in total. The SMILES string of the molecule is CCC(C)CC(C)NC1CCc2ccccc21. The summed E-state index contributed by atoms with van der Waals surface area (Å²) in [5, 5.41) is 3.80. The first-order valence-corrected chi connectivity index (χ1v) is 7.04. The zero-order chi connectivity index (χ0) is 12.3. The first-order chi connectivity index (χ1) is 8.20. The highest BCUT2D eigenvalue weighted by Crippen LogP contribution is 2.31. The van der Waals surface area contributed by atoms with Crippen molar-refractivity contribution >= 4 is 0 Å². The van der Waals surface area contributed by atoms with E-state index in [1.165, 1.54) is 31.2 Å². The smallest absolute Gasteiger partial charge is 0.0328 e. The van der Waals surface area contributed by atoms with Crippen LogP contribution in [0.4, 0.5) is 0 Å². The Hall–Kier alpha value is -0.820. The fraction of sp³-hybridized carbons (Fsp3) is 0.625. The van der Waals surface area contributed by atoms with E-state index in [4.69, 9.17) is 0 Å². The monoisotopic (exact) mass is 231 g/mol. The maximum Gasteiger partial charge on any atom is 0.0328 e. The molecular formula is C16H25N. The van der Waals surface area contributed by atoms with Gasteiger partial charge in [-0.15, -0.1) is 0 Å². The molecule has 3 atom stereocenters. The lowest BCUT2D eigenvalue weighted by molar-refractivity contribution is 0.374. The van der Waals surface area contributed by atoms with Crippen molar-refractivity contribution in [3.05, 3.63) is 35.4 Å². The van der Waals surface area contributed by atoms with Crippen LogP contribution in [-0.2, 0) is 6.42 Å². The lowest BCUT2D eigenvalue weighted by Gasteiger charge is -2.22. The fourth-order valence-corrected chi connectivity index (χ4v) is 2.91. The third kappa shape index (κ3) is 3.10. The molecule has 1 N–H and O–H groups in total. The summed E-state index contributed by atoms with van der Waals surface area (Å²) >= 11 is 0. The van der Waals surface area contributed by atoms with Crippen molar-refractivity contribution in [3.63, 3.8) is 0 Å². The van der Waals surface area contributed by atoms with Gasteiger partial charge >= 0.3 is 0 Å². The molecular weight excluding hydrogens is 206 g/mol. The average Bonchev–Trinajstić information content (AvgIpc) is 2.72. The van der Waals surface area contributed by atoms with Crippen molar-refractivity contribution < 1.29 is 0 Å². The largest absolute Gasteiger partial charge is 0.307 e. The Bertz CT molecular complexity index is 358. The zero-order valence-corrected chi connectivity index (χ0v) is 11.4. The van der Waals surface area contributed by atoms with Gasteiger partial charge in [-0.2, -0.15) is 0 Å². The predicted octanol–water partition coefficient (Wildman–Crippen LogP) is 4.09. The lowest BCUT2D eigenvalue weighted by Crippen LogP contribution is -2.30. The number of fused-ring (bicyclic) bond motifs is 1. The Morgan fingerprint density at radius 3 is 2.82 bits per heavy atom. The van der Waals surface area contributed by atoms with Crippen molar-refractivity contribution in [2.45, 2.75) is 58.5 Å². The average molecular weight is 231 g/mol. The van der Waals surface area contributed by atoms with Crippen LogP contribution in [0.2, 0.25) is 0 Å². The third-order valence-electron chi connectivity index (χ3n) is 4.07. The minimum atomic E-state index is 0.588. The van der Waals surface area contributed by atoms with Crippen LogP contribution in [0, 0.1) is 5.92 Å². The van der Waals surface area contributed by atoms with Gasteiger partial charge in [0.25, 0.3) is 0 Å². The first-order valence-electron chi connectivity index (χ1n) is 7.04. The number of nitrogens with one attached hydrogen (secondary N) is 1. The summed E-state index contributed by atoms with van der Waals surface area (Å²) < 4.78 is 0. The van der Waals surface area contributed by atoms with Gasteiger partial charge in [0.2, 0.25) is 0 Å². The number of hydrogen-bond acceptors (Lipinski definition) is 1. The van der Waals surface area contributed by atoms with E-state index in [-0.39, 0.29) is 0 Å². The second-order valence-electron chi connectivity index (χ2n) is 5.61. The van der Waals surface area contributed by atoms with Crippen LogP contribution in [0.15, 0.2) is 24.3 Å². The van der Waals surface area contributed by atoms with Gasteiger partial charge in [-0.25, -0.2) is 0 Å². The van der Waals surface area contributed by atoms with E-state index in [0.29, 0.717) is 12.1 Å². The van der Waals surface area contributed by atoms with Crippen LogP contribution in [0.25, 0.3) is 0 Å². The highest BCUT2D eigenvalue weighted by Gasteiger charge is 2.23. The predicted molar refractivity (Wildman–Crippen MR) is 74.2 cm³/mol. The molecule has 1 aliphatic rings. The second-order valence-corrected chi connectivity index (χ2v) is 5.61. The first kappa shape index (κ1) is 12.6. The quantitative estimate of drug-likeness (QED) is 0.805. The Kier molecular flexibility index (Phi) is 4.22. The van der Waals surface area contributed by atoms with Gasteiger partial charge in [-0.1, -0.05) is 44.5 Å². The van der Waals surface area contributed by atoms with E-state index < -0.39 is 0 Å². The maximum atomic E-state index is 3.80. The summed E-state index contributed by atoms with van der Waals surface area (Å²) in [6, 6.07) is 10.1. The van der Waals surface area contributed by atoms with Crippen LogP contribution in [0.1, 0.15) is 57.2 Å². The number of benzene rings is 1. The molecule has 1 aliphatic carbocycles. The van der Waals surface area contributed by atoms with E-state index in [1.807, 2.05) is 0 Å². The molecule has 3 unspecified atom stereocenters. The summed E-state index contributed by atoms with van der Waals surface area (Å²) in [7, 11) is 0. The van der Waals surface area contributed by atoms with Crippen LogP contribution in [-0.4, -0.2) is 6.04 Å². The Labute approximate surface area is 106 Å². The molecule has 0 aliphatic heterocycles. The fourth-order valence-electron chi connectivity index (χ4n) is 2.91. The van der Waals surface area contributed by atoms with E-state index >= 15 is 0 Å². The van der Waals surface area contributed by atoms with Crippen molar-refractivity contribution in [1.29, 1.82) is 0 Å². The normalized spacial score (nSPS) is 22.2. The molecule has 0 fully saturated rings. The molecule has 0 saturated heterocycles. The van der Waals surface area contributed by atoms with Gasteiger partial charge in [0.1, 0.15) is 0 Å². The van der Waals surface area contributed by atoms with Gasteiger partial charge in [-0.3, -0.25) is 0 Å². The molecule has 0 saturated carbocycles. The highest BCUT2D eigenvalue weighted by atomic mass is 14.9. The molecule has 0 radical (unpaired) electrons. The third-order valence-corrected chi connectivity index (χ3v) is 4.07. The van der Waals surface area contributed by atoms with Crippen molar-refractivity contribution in [2.24, 2.45) is 5.92 Å². The van der Waals surface area contributed by atoms with Gasteiger partial charge in [0.15, 0.2) is 0 Å². The summed E-state index contributed by atoms with van der Waals surface area (Å²) in [4.78, 5) is 0. The molecule has 1 heteroatoms. The van der Waals surface area contributed by atoms with Gasteiger partial charge in [0.05, 0.1) is 0 Å². The topological polar surface area (TPSA) is 12.0 Å². The highest BCUT2D eigenvalue weighted by molar-refractivity contribution is 5.34. The van der Waals surface area contributed by atoms with Crippen molar-refractivity contribution in [1.82, 2.24) is 5.32 Å². The van der Waals surface area contributed by atoms with E-state index in [9.17, 15) is 0 Å². The van der Waals surface area contributed by atoms with Crippen LogP contribution >= 0.6 is 0 Å². The zero-order valence-electron chi connectivity index (χ0n) is 11.4. The maximum absolute atomic E-state index is 3.80. The van der Waals surface area contributed by atoms with Crippen LogP contribution in [0.3, 0.4) is 0 Å².